The molecule has 158 valence electrons. The minimum absolute atomic E-state index is 0.108. The van der Waals surface area contributed by atoms with E-state index >= 15 is 0 Å². The Morgan fingerprint density at radius 2 is 1.79 bits per heavy atom. The van der Waals surface area contributed by atoms with Crippen LogP contribution in [0.3, 0.4) is 0 Å². The van der Waals surface area contributed by atoms with Gasteiger partial charge >= 0.3 is 6.03 Å². The van der Waals surface area contributed by atoms with Crippen LogP contribution in [0.15, 0.2) is 29.2 Å². The summed E-state index contributed by atoms with van der Waals surface area (Å²) < 4.78 is 27.0. The zero-order valence-corrected chi connectivity index (χ0v) is 17.6. The Hall–Kier alpha value is -2.46. The molecular formula is C19H26N4O5S. The van der Waals surface area contributed by atoms with E-state index < -0.39 is 33.4 Å². The smallest absolute Gasteiger partial charge is 0.322 e. The van der Waals surface area contributed by atoms with Gasteiger partial charge in [0.25, 0.3) is 11.8 Å². The predicted molar refractivity (Wildman–Crippen MR) is 105 cm³/mol. The zero-order valence-electron chi connectivity index (χ0n) is 16.8. The van der Waals surface area contributed by atoms with Gasteiger partial charge < -0.3 is 5.32 Å². The van der Waals surface area contributed by atoms with Gasteiger partial charge in [-0.2, -0.15) is 9.31 Å². The highest BCUT2D eigenvalue weighted by atomic mass is 32.2. The molecule has 2 saturated heterocycles. The summed E-state index contributed by atoms with van der Waals surface area (Å²) >= 11 is 0. The van der Waals surface area contributed by atoms with Gasteiger partial charge in [0.1, 0.15) is 5.54 Å². The molecule has 29 heavy (non-hydrogen) atoms. The number of hydrogen-bond donors (Lipinski definition) is 2. The Morgan fingerprint density at radius 3 is 2.31 bits per heavy atom. The summed E-state index contributed by atoms with van der Waals surface area (Å²) in [5.74, 6) is -0.714. The molecule has 3 rings (SSSR count). The SMILES string of the molecule is CCC1(C)NC(=O)N(NC(=O)c2ccc(S(=O)(=O)N3CCC(C)CC3)cc2)C1=O. The summed E-state index contributed by atoms with van der Waals surface area (Å²) in [5.41, 5.74) is 1.36. The highest BCUT2D eigenvalue weighted by Gasteiger charge is 2.47. The molecule has 1 atom stereocenters. The number of rotatable bonds is 5. The van der Waals surface area contributed by atoms with E-state index in [4.69, 9.17) is 0 Å². The highest BCUT2D eigenvalue weighted by Crippen LogP contribution is 2.24. The van der Waals surface area contributed by atoms with Gasteiger partial charge in [-0.1, -0.05) is 13.8 Å². The van der Waals surface area contributed by atoms with E-state index in [1.807, 2.05) is 0 Å². The van der Waals surface area contributed by atoms with Crippen LogP contribution in [-0.4, -0.2) is 54.2 Å². The number of amides is 4. The van der Waals surface area contributed by atoms with E-state index in [2.05, 4.69) is 17.7 Å². The first-order valence-corrected chi connectivity index (χ1v) is 11.1. The van der Waals surface area contributed by atoms with Crippen molar-refractivity contribution in [1.29, 1.82) is 0 Å². The second-order valence-electron chi connectivity index (χ2n) is 7.81. The van der Waals surface area contributed by atoms with Crippen LogP contribution in [0, 0.1) is 5.92 Å². The van der Waals surface area contributed by atoms with E-state index in [0.29, 0.717) is 30.4 Å². The first kappa shape index (κ1) is 21.3. The van der Waals surface area contributed by atoms with E-state index in [9.17, 15) is 22.8 Å². The van der Waals surface area contributed by atoms with E-state index in [1.54, 1.807) is 13.8 Å². The Morgan fingerprint density at radius 1 is 1.21 bits per heavy atom. The fraction of sp³-hybridized carbons (Fsp3) is 0.526. The maximum atomic E-state index is 12.8. The molecule has 0 bridgehead atoms. The molecule has 10 heteroatoms. The minimum Gasteiger partial charge on any atom is -0.322 e. The molecule has 1 aromatic rings. The van der Waals surface area contributed by atoms with Gasteiger partial charge in [0.15, 0.2) is 0 Å². The molecule has 2 aliphatic rings. The molecule has 1 unspecified atom stereocenters. The minimum atomic E-state index is -3.61. The highest BCUT2D eigenvalue weighted by molar-refractivity contribution is 7.89. The summed E-state index contributed by atoms with van der Waals surface area (Å²) in [7, 11) is -3.61. The molecule has 0 spiro atoms. The van der Waals surface area contributed by atoms with Gasteiger partial charge in [0.2, 0.25) is 10.0 Å². The van der Waals surface area contributed by atoms with Crippen molar-refractivity contribution in [3.8, 4) is 0 Å². The Bertz CT molecular complexity index is 922. The number of benzene rings is 1. The Labute approximate surface area is 170 Å². The average Bonchev–Trinajstić information content (AvgIpc) is 2.92. The molecule has 4 amide bonds. The molecule has 0 radical (unpaired) electrons. The van der Waals surface area contributed by atoms with Crippen molar-refractivity contribution in [3.63, 3.8) is 0 Å². The monoisotopic (exact) mass is 422 g/mol. The summed E-state index contributed by atoms with van der Waals surface area (Å²) in [6.45, 7) is 6.40. The van der Waals surface area contributed by atoms with Crippen LogP contribution in [0.1, 0.15) is 50.4 Å². The van der Waals surface area contributed by atoms with Crippen molar-refractivity contribution in [2.45, 2.75) is 50.5 Å². The van der Waals surface area contributed by atoms with Crippen LogP contribution < -0.4 is 10.7 Å². The molecule has 2 fully saturated rings. The summed E-state index contributed by atoms with van der Waals surface area (Å²) in [6, 6.07) is 4.76. The predicted octanol–water partition coefficient (Wildman–Crippen LogP) is 1.47. The molecule has 2 N–H and O–H groups in total. The third kappa shape index (κ3) is 3.99. The maximum absolute atomic E-state index is 12.8. The van der Waals surface area contributed by atoms with Gasteiger partial charge in [0.05, 0.1) is 4.90 Å². The van der Waals surface area contributed by atoms with Crippen LogP contribution in [0.4, 0.5) is 4.79 Å². The molecule has 9 nitrogen and oxygen atoms in total. The lowest BCUT2D eigenvalue weighted by Crippen LogP contribution is -2.48. The number of hydrogen-bond acceptors (Lipinski definition) is 5. The molecule has 0 aromatic heterocycles. The van der Waals surface area contributed by atoms with Gasteiger partial charge in [0, 0.05) is 18.7 Å². The third-order valence-corrected chi connectivity index (χ3v) is 7.59. The number of carbonyl (C=O) groups excluding carboxylic acids is 3. The number of sulfonamides is 1. The maximum Gasteiger partial charge on any atom is 0.344 e. The number of carbonyl (C=O) groups is 3. The standard InChI is InChI=1S/C19H26N4O5S/c1-4-19(3)17(25)23(18(26)20-19)21-16(24)14-5-7-15(8-6-14)29(27,28)22-11-9-13(2)10-12-22/h5-8,13H,4,9-12H2,1-3H3,(H,20,26)(H,21,24). The molecule has 2 aliphatic heterocycles. The Kier molecular flexibility index (Phi) is 5.68. The second kappa shape index (κ2) is 7.75. The van der Waals surface area contributed by atoms with Gasteiger partial charge in [-0.15, -0.1) is 0 Å². The van der Waals surface area contributed by atoms with E-state index in [1.165, 1.54) is 28.6 Å². The van der Waals surface area contributed by atoms with Crippen molar-refractivity contribution in [3.05, 3.63) is 29.8 Å². The lowest BCUT2D eigenvalue weighted by molar-refractivity contribution is -0.132. The summed E-state index contributed by atoms with van der Waals surface area (Å²) in [5, 5.41) is 3.20. The normalized spacial score (nSPS) is 23.9. The zero-order chi connectivity index (χ0) is 21.4. The van der Waals surface area contributed by atoms with Crippen LogP contribution in [0.5, 0.6) is 0 Å². The molecule has 0 aliphatic carbocycles. The number of hydrazine groups is 1. The summed E-state index contributed by atoms with van der Waals surface area (Å²) in [6.07, 6.45) is 2.02. The first-order valence-electron chi connectivity index (χ1n) is 9.66. The molecule has 1 aromatic carbocycles. The topological polar surface area (TPSA) is 116 Å². The number of urea groups is 1. The summed E-state index contributed by atoms with van der Waals surface area (Å²) in [4.78, 5) is 36.9. The van der Waals surface area contributed by atoms with Crippen LogP contribution in [0.25, 0.3) is 0 Å². The van der Waals surface area contributed by atoms with E-state index in [-0.39, 0.29) is 10.5 Å². The average molecular weight is 423 g/mol. The van der Waals surface area contributed by atoms with Gasteiger partial charge in [-0.25, -0.2) is 13.2 Å². The Balaban J connectivity index is 1.71. The number of piperidine rings is 1. The van der Waals surface area contributed by atoms with Crippen molar-refractivity contribution >= 4 is 27.9 Å². The molecular weight excluding hydrogens is 396 g/mol. The quantitative estimate of drug-likeness (QED) is 0.697. The van der Waals surface area contributed by atoms with Crippen molar-refractivity contribution in [2.24, 2.45) is 5.92 Å². The first-order chi connectivity index (χ1) is 13.6. The van der Waals surface area contributed by atoms with Gasteiger partial charge in [-0.3, -0.25) is 15.0 Å². The lowest BCUT2D eigenvalue weighted by Gasteiger charge is -2.29. The third-order valence-electron chi connectivity index (χ3n) is 5.68. The van der Waals surface area contributed by atoms with Crippen molar-refractivity contribution < 1.29 is 22.8 Å². The van der Waals surface area contributed by atoms with Crippen LogP contribution in [-0.2, 0) is 14.8 Å². The van der Waals surface area contributed by atoms with Crippen molar-refractivity contribution in [2.75, 3.05) is 13.1 Å². The second-order valence-corrected chi connectivity index (χ2v) is 9.75. The van der Waals surface area contributed by atoms with Crippen molar-refractivity contribution in [1.82, 2.24) is 20.1 Å². The van der Waals surface area contributed by atoms with E-state index in [0.717, 1.165) is 12.8 Å². The number of nitrogens with one attached hydrogen (secondary N) is 2. The number of imide groups is 1. The molecule has 2 heterocycles. The largest absolute Gasteiger partial charge is 0.344 e. The fourth-order valence-electron chi connectivity index (χ4n) is 3.34. The number of nitrogens with zero attached hydrogens (tertiary/aromatic N) is 2. The lowest BCUT2D eigenvalue weighted by atomic mass is 10.00. The molecule has 0 saturated carbocycles. The van der Waals surface area contributed by atoms with Crippen LogP contribution >= 0.6 is 0 Å². The fourth-order valence-corrected chi connectivity index (χ4v) is 4.81. The van der Waals surface area contributed by atoms with Crippen LogP contribution in [0.2, 0.25) is 0 Å². The van der Waals surface area contributed by atoms with Gasteiger partial charge in [-0.05, 0) is 56.4 Å².